The van der Waals surface area contributed by atoms with E-state index in [1.54, 1.807) is 30.3 Å². The van der Waals surface area contributed by atoms with E-state index >= 15 is 0 Å². The van der Waals surface area contributed by atoms with Crippen molar-refractivity contribution >= 4 is 28.8 Å². The highest BCUT2D eigenvalue weighted by Crippen LogP contribution is 2.14. The molecule has 1 heterocycles. The van der Waals surface area contributed by atoms with E-state index in [0.29, 0.717) is 22.0 Å². The third-order valence-electron chi connectivity index (χ3n) is 2.47. The standard InChI is InChI=1S/C13H12N2O2S/c1-8-5-6-17-11(8)13(16)15-10-4-2-3-9(7-10)12(14)18/h2-7H,1H3,(H2,14,18)(H,15,16). The summed E-state index contributed by atoms with van der Waals surface area (Å²) >= 11 is 4.88. The minimum Gasteiger partial charge on any atom is -0.459 e. The van der Waals surface area contributed by atoms with Crippen molar-refractivity contribution in [3.05, 3.63) is 53.5 Å². The highest BCUT2D eigenvalue weighted by Gasteiger charge is 2.12. The van der Waals surface area contributed by atoms with Gasteiger partial charge in [0, 0.05) is 16.8 Å². The molecule has 1 aromatic carbocycles. The van der Waals surface area contributed by atoms with Crippen molar-refractivity contribution in [1.82, 2.24) is 0 Å². The molecule has 0 saturated carbocycles. The molecule has 0 atom stereocenters. The average molecular weight is 260 g/mol. The maximum atomic E-state index is 11.9. The molecule has 1 aromatic heterocycles. The van der Waals surface area contributed by atoms with Gasteiger partial charge in [-0.25, -0.2) is 0 Å². The van der Waals surface area contributed by atoms with E-state index in [2.05, 4.69) is 5.32 Å². The van der Waals surface area contributed by atoms with Gasteiger partial charge in [-0.3, -0.25) is 4.79 Å². The summed E-state index contributed by atoms with van der Waals surface area (Å²) in [6, 6.07) is 8.78. The van der Waals surface area contributed by atoms with E-state index in [-0.39, 0.29) is 5.91 Å². The van der Waals surface area contributed by atoms with Crippen LogP contribution in [0.15, 0.2) is 41.0 Å². The number of aryl methyl sites for hydroxylation is 1. The second kappa shape index (κ2) is 5.01. The van der Waals surface area contributed by atoms with Gasteiger partial charge in [-0.1, -0.05) is 24.4 Å². The van der Waals surface area contributed by atoms with E-state index in [1.807, 2.05) is 6.92 Å². The minimum atomic E-state index is -0.294. The molecule has 18 heavy (non-hydrogen) atoms. The van der Waals surface area contributed by atoms with Crippen LogP contribution in [0.5, 0.6) is 0 Å². The van der Waals surface area contributed by atoms with Gasteiger partial charge in [-0.15, -0.1) is 0 Å². The Morgan fingerprint density at radius 2 is 2.17 bits per heavy atom. The Morgan fingerprint density at radius 1 is 1.39 bits per heavy atom. The second-order valence-electron chi connectivity index (χ2n) is 3.83. The van der Waals surface area contributed by atoms with Crippen molar-refractivity contribution in [2.45, 2.75) is 6.92 Å². The fraction of sp³-hybridized carbons (Fsp3) is 0.0769. The van der Waals surface area contributed by atoms with Crippen LogP contribution in [0.2, 0.25) is 0 Å². The van der Waals surface area contributed by atoms with Crippen LogP contribution in [0.3, 0.4) is 0 Å². The maximum Gasteiger partial charge on any atom is 0.291 e. The van der Waals surface area contributed by atoms with E-state index in [4.69, 9.17) is 22.4 Å². The fourth-order valence-corrected chi connectivity index (χ4v) is 1.67. The number of nitrogens with one attached hydrogen (secondary N) is 1. The first-order valence-corrected chi connectivity index (χ1v) is 5.74. The summed E-state index contributed by atoms with van der Waals surface area (Å²) in [5.74, 6) is 0.00770. The molecule has 0 aliphatic heterocycles. The van der Waals surface area contributed by atoms with Crippen molar-refractivity contribution in [2.24, 2.45) is 5.73 Å². The van der Waals surface area contributed by atoms with Gasteiger partial charge in [0.05, 0.1) is 6.26 Å². The summed E-state index contributed by atoms with van der Waals surface area (Å²) < 4.78 is 5.11. The van der Waals surface area contributed by atoms with Gasteiger partial charge in [0.15, 0.2) is 5.76 Å². The zero-order valence-corrected chi connectivity index (χ0v) is 10.6. The number of furan rings is 1. The first-order chi connectivity index (χ1) is 8.58. The number of carbonyl (C=O) groups is 1. The summed E-state index contributed by atoms with van der Waals surface area (Å²) in [6.45, 7) is 1.81. The average Bonchev–Trinajstić information content (AvgIpc) is 2.76. The fourth-order valence-electron chi connectivity index (χ4n) is 1.54. The van der Waals surface area contributed by atoms with Gasteiger partial charge in [-0.05, 0) is 25.1 Å². The number of amides is 1. The van der Waals surface area contributed by atoms with Crippen LogP contribution in [0.1, 0.15) is 21.7 Å². The molecule has 5 heteroatoms. The predicted octanol–water partition coefficient (Wildman–Crippen LogP) is 2.47. The number of hydrogen-bond donors (Lipinski definition) is 2. The van der Waals surface area contributed by atoms with Crippen molar-refractivity contribution in [1.29, 1.82) is 0 Å². The Morgan fingerprint density at radius 3 is 2.78 bits per heavy atom. The van der Waals surface area contributed by atoms with Crippen LogP contribution in [0.25, 0.3) is 0 Å². The first kappa shape index (κ1) is 12.3. The Bertz CT molecular complexity index is 605. The molecule has 2 rings (SSSR count). The number of thiocarbonyl (C=S) groups is 1. The predicted molar refractivity (Wildman–Crippen MR) is 73.7 cm³/mol. The molecule has 0 radical (unpaired) electrons. The molecule has 0 aliphatic rings. The lowest BCUT2D eigenvalue weighted by molar-refractivity contribution is 0.0996. The number of benzene rings is 1. The van der Waals surface area contributed by atoms with E-state index in [1.165, 1.54) is 6.26 Å². The third-order valence-corrected chi connectivity index (χ3v) is 2.71. The zero-order valence-electron chi connectivity index (χ0n) is 9.77. The van der Waals surface area contributed by atoms with Crippen LogP contribution in [-0.2, 0) is 0 Å². The molecule has 0 unspecified atom stereocenters. The molecule has 4 nitrogen and oxygen atoms in total. The smallest absolute Gasteiger partial charge is 0.291 e. The number of hydrogen-bond acceptors (Lipinski definition) is 3. The molecule has 3 N–H and O–H groups in total. The third kappa shape index (κ3) is 2.57. The molecule has 0 aliphatic carbocycles. The number of carbonyl (C=O) groups excluding carboxylic acids is 1. The van der Waals surface area contributed by atoms with Crippen LogP contribution >= 0.6 is 12.2 Å². The van der Waals surface area contributed by atoms with Gasteiger partial charge >= 0.3 is 0 Å². The lowest BCUT2D eigenvalue weighted by Gasteiger charge is -2.05. The maximum absolute atomic E-state index is 11.9. The highest BCUT2D eigenvalue weighted by molar-refractivity contribution is 7.80. The van der Waals surface area contributed by atoms with Crippen LogP contribution in [0, 0.1) is 6.92 Å². The quantitative estimate of drug-likeness (QED) is 0.832. The summed E-state index contributed by atoms with van der Waals surface area (Å²) in [5, 5.41) is 2.73. The minimum absolute atomic E-state index is 0.292. The Balaban J connectivity index is 2.20. The molecule has 1 amide bonds. The molecule has 0 bridgehead atoms. The van der Waals surface area contributed by atoms with Crippen LogP contribution in [0.4, 0.5) is 5.69 Å². The highest BCUT2D eigenvalue weighted by atomic mass is 32.1. The first-order valence-electron chi connectivity index (χ1n) is 5.33. The Hall–Kier alpha value is -2.14. The van der Waals surface area contributed by atoms with Gasteiger partial charge < -0.3 is 15.5 Å². The number of anilines is 1. The van der Waals surface area contributed by atoms with E-state index in [9.17, 15) is 4.79 Å². The lowest BCUT2D eigenvalue weighted by Crippen LogP contribution is -2.14. The molecular formula is C13H12N2O2S. The second-order valence-corrected chi connectivity index (χ2v) is 4.27. The zero-order chi connectivity index (χ0) is 13.1. The number of rotatable bonds is 3. The molecular weight excluding hydrogens is 248 g/mol. The molecule has 0 spiro atoms. The molecule has 92 valence electrons. The van der Waals surface area contributed by atoms with Gasteiger partial charge in [0.2, 0.25) is 0 Å². The molecule has 0 saturated heterocycles. The Kier molecular flexibility index (Phi) is 3.43. The van der Waals surface area contributed by atoms with E-state index < -0.39 is 0 Å². The lowest BCUT2D eigenvalue weighted by atomic mass is 10.2. The monoisotopic (exact) mass is 260 g/mol. The Labute approximate surface area is 110 Å². The van der Waals surface area contributed by atoms with E-state index in [0.717, 1.165) is 5.56 Å². The normalized spacial score (nSPS) is 10.1. The van der Waals surface area contributed by atoms with Crippen LogP contribution < -0.4 is 11.1 Å². The molecule has 2 aromatic rings. The van der Waals surface area contributed by atoms with Crippen molar-refractivity contribution in [3.8, 4) is 0 Å². The SMILES string of the molecule is Cc1ccoc1C(=O)Nc1cccc(C(N)=S)c1. The van der Waals surface area contributed by atoms with Crippen molar-refractivity contribution < 1.29 is 9.21 Å². The largest absolute Gasteiger partial charge is 0.459 e. The van der Waals surface area contributed by atoms with Crippen molar-refractivity contribution in [2.75, 3.05) is 5.32 Å². The van der Waals surface area contributed by atoms with Crippen molar-refractivity contribution in [3.63, 3.8) is 0 Å². The van der Waals surface area contributed by atoms with Crippen LogP contribution in [-0.4, -0.2) is 10.9 Å². The van der Waals surface area contributed by atoms with Gasteiger partial charge in [-0.2, -0.15) is 0 Å². The molecule has 0 fully saturated rings. The topological polar surface area (TPSA) is 68.3 Å². The van der Waals surface area contributed by atoms with Gasteiger partial charge in [0.1, 0.15) is 4.99 Å². The summed E-state index contributed by atoms with van der Waals surface area (Å²) in [7, 11) is 0. The summed E-state index contributed by atoms with van der Waals surface area (Å²) in [4.78, 5) is 12.2. The number of nitrogens with two attached hydrogens (primary N) is 1. The van der Waals surface area contributed by atoms with Gasteiger partial charge in [0.25, 0.3) is 5.91 Å². The summed E-state index contributed by atoms with van der Waals surface area (Å²) in [6.07, 6.45) is 1.48. The summed E-state index contributed by atoms with van der Waals surface area (Å²) in [5.41, 5.74) is 7.66.